The molecule has 0 spiro atoms. The van der Waals surface area contributed by atoms with E-state index in [9.17, 15) is 27.6 Å². The van der Waals surface area contributed by atoms with Gasteiger partial charge in [0.25, 0.3) is 5.92 Å². The number of nitrogens with one attached hydrogen (secondary N) is 1. The Morgan fingerprint density at radius 3 is 2.48 bits per heavy atom. The van der Waals surface area contributed by atoms with Crippen LogP contribution in [0.15, 0.2) is 24.3 Å². The quantitative estimate of drug-likeness (QED) is 0.339. The van der Waals surface area contributed by atoms with Gasteiger partial charge in [-0.15, -0.1) is 13.2 Å². The van der Waals surface area contributed by atoms with Gasteiger partial charge in [0.05, 0.1) is 23.7 Å². The van der Waals surface area contributed by atoms with Crippen LogP contribution < -0.4 is 14.8 Å². The SMILES string of the molecule is CC[C@@H]1[C@@H]2CN(C(=O)[C@H](C(C)(C)C)NC(=O)O[C@]3(C)C[C@H]3CCCCC(F)(F)c3cc4ccc(OC(F)(F)F)cc4nc3O2)[C@@H]1C(C)=O. The molecule has 3 aliphatic rings. The Kier molecular flexibility index (Phi) is 9.37. The van der Waals surface area contributed by atoms with Gasteiger partial charge in [-0.1, -0.05) is 34.1 Å². The third kappa shape index (κ3) is 7.46. The van der Waals surface area contributed by atoms with Crippen LogP contribution in [0.5, 0.6) is 11.6 Å². The van der Waals surface area contributed by atoms with E-state index in [1.54, 1.807) is 34.6 Å². The smallest absolute Gasteiger partial charge is 0.472 e. The van der Waals surface area contributed by atoms with Crippen molar-refractivity contribution in [3.63, 3.8) is 0 Å². The minimum Gasteiger partial charge on any atom is -0.472 e. The van der Waals surface area contributed by atoms with Crippen LogP contribution in [-0.2, 0) is 20.2 Å². The highest BCUT2D eigenvalue weighted by molar-refractivity contribution is 5.92. The fraction of sp³-hybridized carbons (Fsp3) is 0.647. The molecule has 3 heterocycles. The number of ether oxygens (including phenoxy) is 3. The summed E-state index contributed by atoms with van der Waals surface area (Å²) in [6.45, 7) is 9.97. The predicted molar refractivity (Wildman–Crippen MR) is 165 cm³/mol. The van der Waals surface area contributed by atoms with Crippen molar-refractivity contribution in [3.05, 3.63) is 29.8 Å². The second-order valence-electron chi connectivity index (χ2n) is 14.5. The number of ketones is 1. The number of amides is 2. The second-order valence-corrected chi connectivity index (χ2v) is 14.5. The molecule has 1 saturated carbocycles. The molecule has 2 aromatic rings. The van der Waals surface area contributed by atoms with Crippen LogP contribution in [0.25, 0.3) is 10.9 Å². The molecule has 2 aliphatic heterocycles. The third-order valence-corrected chi connectivity index (χ3v) is 9.76. The molecule has 1 saturated heterocycles. The number of hydrogen-bond acceptors (Lipinski definition) is 7. The highest BCUT2D eigenvalue weighted by Crippen LogP contribution is 2.50. The summed E-state index contributed by atoms with van der Waals surface area (Å²) in [7, 11) is 0. The van der Waals surface area contributed by atoms with Crippen molar-refractivity contribution in [1.82, 2.24) is 15.2 Å². The molecule has 6 atom stereocenters. The van der Waals surface area contributed by atoms with E-state index in [0.717, 1.165) is 18.2 Å². The minimum absolute atomic E-state index is 0.0411. The molecule has 9 nitrogen and oxygen atoms in total. The first-order valence-corrected chi connectivity index (χ1v) is 16.3. The van der Waals surface area contributed by atoms with Crippen LogP contribution in [0.4, 0.5) is 26.7 Å². The fourth-order valence-corrected chi connectivity index (χ4v) is 7.07. The van der Waals surface area contributed by atoms with Gasteiger partial charge in [-0.05, 0) is 63.1 Å². The summed E-state index contributed by atoms with van der Waals surface area (Å²) in [5, 5.41) is 2.88. The number of carbonyl (C=O) groups excluding carboxylic acids is 3. The highest BCUT2D eigenvalue weighted by Gasteiger charge is 2.55. The monoisotopic (exact) mass is 683 g/mol. The lowest BCUT2D eigenvalue weighted by molar-refractivity contribution is -0.274. The van der Waals surface area contributed by atoms with Crippen LogP contribution in [0.1, 0.15) is 85.6 Å². The Labute approximate surface area is 275 Å². The number of fused-ring (bicyclic) bond motifs is 5. The van der Waals surface area contributed by atoms with Gasteiger partial charge in [0.1, 0.15) is 23.5 Å². The Hall–Kier alpha value is -3.71. The van der Waals surface area contributed by atoms with E-state index in [1.165, 1.54) is 17.9 Å². The van der Waals surface area contributed by atoms with E-state index < -0.39 is 83.0 Å². The molecular weight excluding hydrogens is 641 g/mol. The number of aromatic nitrogens is 1. The first-order chi connectivity index (χ1) is 22.2. The van der Waals surface area contributed by atoms with Crippen molar-refractivity contribution in [1.29, 1.82) is 0 Å². The summed E-state index contributed by atoms with van der Waals surface area (Å²) in [5.41, 5.74) is -2.22. The molecule has 2 bridgehead atoms. The zero-order chi connectivity index (χ0) is 35.4. The molecule has 0 unspecified atom stereocenters. The van der Waals surface area contributed by atoms with Crippen molar-refractivity contribution in [2.45, 2.75) is 116 Å². The van der Waals surface area contributed by atoms with Crippen LogP contribution in [-0.4, -0.2) is 64.4 Å². The standard InChI is InChI=1S/C34H42F5N3O6/c1-7-22-25-17-42(26(22)18(2)43)29(44)27(31(3,4)5)41-30(45)48-32(6)16-20(32)10-8-9-13-33(35,36)23-14-19-11-12-21(47-34(37,38)39)15-24(19)40-28(23)46-25/h11-12,14-15,20,22,25-27H,7-10,13,16-17H2,1-6H3,(H,41,45)/t20-,22-,25+,26-,27-,32-/m1/s1. The maximum Gasteiger partial charge on any atom is 0.573 e. The number of pyridine rings is 1. The lowest BCUT2D eigenvalue weighted by atomic mass is 9.85. The van der Waals surface area contributed by atoms with Gasteiger partial charge in [-0.2, -0.15) is 0 Å². The molecule has 1 aromatic carbocycles. The summed E-state index contributed by atoms with van der Waals surface area (Å²) in [6.07, 6.45) is -5.35. The Bertz CT molecular complexity index is 1580. The van der Waals surface area contributed by atoms with Crippen LogP contribution in [0.3, 0.4) is 0 Å². The first-order valence-electron chi connectivity index (χ1n) is 16.3. The average Bonchev–Trinajstić information content (AvgIpc) is 3.43. The first kappa shape index (κ1) is 35.6. The van der Waals surface area contributed by atoms with E-state index in [4.69, 9.17) is 9.47 Å². The number of benzene rings is 1. The summed E-state index contributed by atoms with van der Waals surface area (Å²) in [6, 6.07) is 2.28. The maximum absolute atomic E-state index is 16.1. The van der Waals surface area contributed by atoms with E-state index in [1.807, 2.05) is 0 Å². The Balaban J connectivity index is 1.60. The largest absolute Gasteiger partial charge is 0.573 e. The zero-order valence-corrected chi connectivity index (χ0v) is 27.9. The molecule has 264 valence electrons. The Morgan fingerprint density at radius 2 is 1.85 bits per heavy atom. The highest BCUT2D eigenvalue weighted by atomic mass is 19.4. The molecule has 5 rings (SSSR count). The summed E-state index contributed by atoms with van der Waals surface area (Å²) in [4.78, 5) is 46.0. The molecule has 14 heteroatoms. The number of carbonyl (C=O) groups is 3. The van der Waals surface area contributed by atoms with Gasteiger partial charge in [-0.3, -0.25) is 9.59 Å². The lowest BCUT2D eigenvalue weighted by Gasteiger charge is -2.35. The summed E-state index contributed by atoms with van der Waals surface area (Å²) in [5.74, 6) is -6.13. The summed E-state index contributed by atoms with van der Waals surface area (Å²) >= 11 is 0. The lowest BCUT2D eigenvalue weighted by Crippen LogP contribution is -2.57. The van der Waals surface area contributed by atoms with Crippen LogP contribution in [0.2, 0.25) is 0 Å². The van der Waals surface area contributed by atoms with Crippen molar-refractivity contribution < 1.29 is 50.5 Å². The summed E-state index contributed by atoms with van der Waals surface area (Å²) < 4.78 is 87.0. The third-order valence-electron chi connectivity index (χ3n) is 9.76. The molecule has 0 radical (unpaired) electrons. The fourth-order valence-electron chi connectivity index (χ4n) is 7.07. The molecular formula is C34H42F5N3O6. The molecule has 2 amide bonds. The predicted octanol–water partition coefficient (Wildman–Crippen LogP) is 7.29. The maximum atomic E-state index is 16.1. The molecule has 1 aromatic heterocycles. The normalized spacial score (nSPS) is 29.8. The van der Waals surface area contributed by atoms with Crippen molar-refractivity contribution >= 4 is 28.7 Å². The number of Topliss-reactive ketones (excluding diaryl/α,β-unsaturated/α-hetero) is 1. The van der Waals surface area contributed by atoms with E-state index in [0.29, 0.717) is 25.7 Å². The second kappa shape index (κ2) is 12.6. The van der Waals surface area contributed by atoms with E-state index in [2.05, 4.69) is 15.0 Å². The zero-order valence-electron chi connectivity index (χ0n) is 27.9. The van der Waals surface area contributed by atoms with Crippen LogP contribution in [0, 0.1) is 17.3 Å². The van der Waals surface area contributed by atoms with Gasteiger partial charge < -0.3 is 24.4 Å². The van der Waals surface area contributed by atoms with E-state index in [-0.39, 0.29) is 35.6 Å². The molecule has 1 N–H and O–H groups in total. The van der Waals surface area contributed by atoms with E-state index >= 15 is 8.78 Å². The number of hydrogen-bond donors (Lipinski definition) is 1. The Morgan fingerprint density at radius 1 is 1.15 bits per heavy atom. The average molecular weight is 684 g/mol. The van der Waals surface area contributed by atoms with Gasteiger partial charge in [-0.25, -0.2) is 18.6 Å². The molecule has 2 fully saturated rings. The number of nitrogens with zero attached hydrogens (tertiary/aromatic N) is 2. The van der Waals surface area contributed by atoms with Gasteiger partial charge in [0.2, 0.25) is 11.8 Å². The van der Waals surface area contributed by atoms with Gasteiger partial charge in [0.15, 0.2) is 5.78 Å². The number of alkyl halides is 5. The molecule has 48 heavy (non-hydrogen) atoms. The van der Waals surface area contributed by atoms with Crippen LogP contribution >= 0.6 is 0 Å². The minimum atomic E-state index is -4.98. The van der Waals surface area contributed by atoms with Gasteiger partial charge >= 0.3 is 12.5 Å². The molecule has 1 aliphatic carbocycles. The number of alkyl carbamates (subject to hydrolysis) is 1. The number of halogens is 5. The number of rotatable bonds is 3. The van der Waals surface area contributed by atoms with Gasteiger partial charge in [0, 0.05) is 29.7 Å². The van der Waals surface area contributed by atoms with Crippen molar-refractivity contribution in [2.24, 2.45) is 17.3 Å². The van der Waals surface area contributed by atoms with Crippen molar-refractivity contribution in [3.8, 4) is 11.6 Å². The van der Waals surface area contributed by atoms with Crippen molar-refractivity contribution in [2.75, 3.05) is 6.54 Å². The topological polar surface area (TPSA) is 107 Å².